The summed E-state index contributed by atoms with van der Waals surface area (Å²) in [6.07, 6.45) is 0. The van der Waals surface area contributed by atoms with Crippen molar-refractivity contribution in [3.63, 3.8) is 0 Å². The molecule has 1 aliphatic rings. The molecule has 0 aromatic heterocycles. The molecular weight excluding hydrogens is 280 g/mol. The SMILES string of the molecule is Cc1cc(Br)ccc1N1CC(CO)NCC1C. The summed E-state index contributed by atoms with van der Waals surface area (Å²) in [5.74, 6) is 0. The molecule has 1 aromatic carbocycles. The number of aliphatic hydroxyl groups is 1. The van der Waals surface area contributed by atoms with Crippen LogP contribution in [0, 0.1) is 6.92 Å². The number of halogens is 1. The molecule has 1 aliphatic heterocycles. The molecule has 1 fully saturated rings. The van der Waals surface area contributed by atoms with Gasteiger partial charge >= 0.3 is 0 Å². The van der Waals surface area contributed by atoms with Gasteiger partial charge in [-0.2, -0.15) is 0 Å². The van der Waals surface area contributed by atoms with Gasteiger partial charge in [0.1, 0.15) is 0 Å². The average Bonchev–Trinajstić information content (AvgIpc) is 2.30. The Hall–Kier alpha value is -0.580. The van der Waals surface area contributed by atoms with E-state index in [1.54, 1.807) is 0 Å². The molecule has 1 saturated heterocycles. The van der Waals surface area contributed by atoms with E-state index in [1.807, 2.05) is 0 Å². The van der Waals surface area contributed by atoms with Gasteiger partial charge in [-0.05, 0) is 37.6 Å². The lowest BCUT2D eigenvalue weighted by Gasteiger charge is -2.40. The Morgan fingerprint density at radius 1 is 1.53 bits per heavy atom. The fraction of sp³-hybridized carbons (Fsp3) is 0.538. The van der Waals surface area contributed by atoms with Gasteiger partial charge in [-0.25, -0.2) is 0 Å². The van der Waals surface area contributed by atoms with Crippen LogP contribution in [-0.2, 0) is 0 Å². The van der Waals surface area contributed by atoms with Crippen LogP contribution in [0.25, 0.3) is 0 Å². The highest BCUT2D eigenvalue weighted by atomic mass is 79.9. The van der Waals surface area contributed by atoms with Gasteiger partial charge in [0.25, 0.3) is 0 Å². The standard InChI is InChI=1S/C13H19BrN2O/c1-9-5-11(14)3-4-13(9)16-7-12(8-17)15-6-10(16)2/h3-5,10,12,15,17H,6-8H2,1-2H3. The third-order valence-corrected chi connectivity index (χ3v) is 3.83. The third kappa shape index (κ3) is 2.81. The monoisotopic (exact) mass is 298 g/mol. The number of nitrogens with one attached hydrogen (secondary N) is 1. The Labute approximate surface area is 111 Å². The molecule has 1 aromatic rings. The molecule has 0 bridgehead atoms. The van der Waals surface area contributed by atoms with E-state index in [9.17, 15) is 5.11 Å². The summed E-state index contributed by atoms with van der Waals surface area (Å²) in [5.41, 5.74) is 2.53. The van der Waals surface area contributed by atoms with E-state index in [0.29, 0.717) is 6.04 Å². The van der Waals surface area contributed by atoms with E-state index >= 15 is 0 Å². The largest absolute Gasteiger partial charge is 0.395 e. The topological polar surface area (TPSA) is 35.5 Å². The number of hydrogen-bond acceptors (Lipinski definition) is 3. The van der Waals surface area contributed by atoms with E-state index < -0.39 is 0 Å². The van der Waals surface area contributed by atoms with Crippen LogP contribution in [0.2, 0.25) is 0 Å². The first-order valence-electron chi connectivity index (χ1n) is 5.99. The fourth-order valence-corrected chi connectivity index (χ4v) is 2.80. The Bertz CT molecular complexity index is 397. The van der Waals surface area contributed by atoms with Crippen LogP contribution in [0.3, 0.4) is 0 Å². The fourth-order valence-electron chi connectivity index (χ4n) is 2.33. The maximum absolute atomic E-state index is 9.26. The van der Waals surface area contributed by atoms with Crippen LogP contribution in [0.5, 0.6) is 0 Å². The highest BCUT2D eigenvalue weighted by molar-refractivity contribution is 9.10. The van der Waals surface area contributed by atoms with Crippen LogP contribution in [0.1, 0.15) is 12.5 Å². The first kappa shape index (κ1) is 12.9. The molecule has 4 heteroatoms. The molecule has 0 radical (unpaired) electrons. The Morgan fingerprint density at radius 2 is 2.29 bits per heavy atom. The van der Waals surface area contributed by atoms with E-state index in [1.165, 1.54) is 11.3 Å². The van der Waals surface area contributed by atoms with Crippen molar-refractivity contribution in [2.75, 3.05) is 24.6 Å². The molecule has 2 N–H and O–H groups in total. The third-order valence-electron chi connectivity index (χ3n) is 3.34. The van der Waals surface area contributed by atoms with Crippen molar-refractivity contribution in [2.24, 2.45) is 0 Å². The number of rotatable bonds is 2. The lowest BCUT2D eigenvalue weighted by molar-refractivity contribution is 0.227. The van der Waals surface area contributed by atoms with Crippen molar-refractivity contribution in [2.45, 2.75) is 25.9 Å². The van der Waals surface area contributed by atoms with Gasteiger partial charge in [-0.3, -0.25) is 0 Å². The van der Waals surface area contributed by atoms with Gasteiger partial charge in [-0.1, -0.05) is 15.9 Å². The number of hydrogen-bond donors (Lipinski definition) is 2. The Kier molecular flexibility index (Phi) is 4.07. The highest BCUT2D eigenvalue weighted by Crippen LogP contribution is 2.26. The lowest BCUT2D eigenvalue weighted by atomic mass is 10.1. The molecule has 2 atom stereocenters. The second-order valence-electron chi connectivity index (χ2n) is 4.72. The number of piperazine rings is 1. The Morgan fingerprint density at radius 3 is 2.94 bits per heavy atom. The summed E-state index contributed by atoms with van der Waals surface area (Å²) in [4.78, 5) is 2.37. The summed E-state index contributed by atoms with van der Waals surface area (Å²) in [6, 6.07) is 6.99. The number of benzene rings is 1. The minimum absolute atomic E-state index is 0.175. The smallest absolute Gasteiger partial charge is 0.0601 e. The maximum Gasteiger partial charge on any atom is 0.0601 e. The molecule has 2 unspecified atom stereocenters. The molecule has 0 amide bonds. The number of nitrogens with zero attached hydrogens (tertiary/aromatic N) is 1. The summed E-state index contributed by atoms with van der Waals surface area (Å²) in [6.45, 7) is 6.31. The zero-order chi connectivity index (χ0) is 12.4. The molecule has 3 nitrogen and oxygen atoms in total. The first-order valence-corrected chi connectivity index (χ1v) is 6.78. The van der Waals surface area contributed by atoms with E-state index in [-0.39, 0.29) is 12.6 Å². The molecule has 94 valence electrons. The van der Waals surface area contributed by atoms with Crippen molar-refractivity contribution in [3.8, 4) is 0 Å². The molecule has 1 heterocycles. The van der Waals surface area contributed by atoms with E-state index in [0.717, 1.165) is 17.6 Å². The van der Waals surface area contributed by atoms with Crippen LogP contribution in [-0.4, -0.2) is 36.9 Å². The van der Waals surface area contributed by atoms with E-state index in [2.05, 4.69) is 58.2 Å². The van der Waals surface area contributed by atoms with Gasteiger partial charge < -0.3 is 15.3 Å². The van der Waals surface area contributed by atoms with Crippen molar-refractivity contribution in [3.05, 3.63) is 28.2 Å². The zero-order valence-electron chi connectivity index (χ0n) is 10.3. The summed E-state index contributed by atoms with van der Waals surface area (Å²) < 4.78 is 1.11. The predicted molar refractivity (Wildman–Crippen MR) is 74.6 cm³/mol. The number of anilines is 1. The molecule has 0 spiro atoms. The maximum atomic E-state index is 9.26. The highest BCUT2D eigenvalue weighted by Gasteiger charge is 2.25. The van der Waals surface area contributed by atoms with Gasteiger partial charge in [0.15, 0.2) is 0 Å². The number of aliphatic hydroxyl groups excluding tert-OH is 1. The van der Waals surface area contributed by atoms with Gasteiger partial charge in [-0.15, -0.1) is 0 Å². The number of aryl methyl sites for hydroxylation is 1. The normalized spacial score (nSPS) is 25.1. The molecule has 0 aliphatic carbocycles. The van der Waals surface area contributed by atoms with Crippen molar-refractivity contribution in [1.29, 1.82) is 0 Å². The van der Waals surface area contributed by atoms with Crippen molar-refractivity contribution >= 4 is 21.6 Å². The summed E-state index contributed by atoms with van der Waals surface area (Å²) in [5, 5.41) is 12.6. The molecule has 0 saturated carbocycles. The minimum Gasteiger partial charge on any atom is -0.395 e. The molecular formula is C13H19BrN2O. The van der Waals surface area contributed by atoms with Crippen LogP contribution < -0.4 is 10.2 Å². The summed E-state index contributed by atoms with van der Waals surface area (Å²) in [7, 11) is 0. The van der Waals surface area contributed by atoms with Crippen LogP contribution in [0.4, 0.5) is 5.69 Å². The zero-order valence-corrected chi connectivity index (χ0v) is 11.9. The minimum atomic E-state index is 0.175. The first-order chi connectivity index (χ1) is 8.11. The summed E-state index contributed by atoms with van der Waals surface area (Å²) >= 11 is 3.49. The quantitative estimate of drug-likeness (QED) is 0.876. The van der Waals surface area contributed by atoms with Gasteiger partial charge in [0.2, 0.25) is 0 Å². The van der Waals surface area contributed by atoms with E-state index in [4.69, 9.17) is 0 Å². The van der Waals surface area contributed by atoms with Gasteiger partial charge in [0, 0.05) is 35.3 Å². The molecule has 17 heavy (non-hydrogen) atoms. The average molecular weight is 299 g/mol. The van der Waals surface area contributed by atoms with Crippen LogP contribution in [0.15, 0.2) is 22.7 Å². The van der Waals surface area contributed by atoms with Crippen molar-refractivity contribution in [1.82, 2.24) is 5.32 Å². The Balaban J connectivity index is 2.24. The van der Waals surface area contributed by atoms with Crippen molar-refractivity contribution < 1.29 is 5.11 Å². The second-order valence-corrected chi connectivity index (χ2v) is 5.64. The van der Waals surface area contributed by atoms with Crippen LogP contribution >= 0.6 is 15.9 Å². The second kappa shape index (κ2) is 5.38. The lowest BCUT2D eigenvalue weighted by Crippen LogP contribution is -2.57. The predicted octanol–water partition coefficient (Wildman–Crippen LogP) is 1.92. The molecule has 2 rings (SSSR count). The van der Waals surface area contributed by atoms with Gasteiger partial charge in [0.05, 0.1) is 6.61 Å².